The van der Waals surface area contributed by atoms with Gasteiger partial charge in [0.25, 0.3) is 5.91 Å². The van der Waals surface area contributed by atoms with E-state index in [1.165, 1.54) is 0 Å². The molecular formula is C30H31N7O2. The largest absolute Gasteiger partial charge is 0.507 e. The molecule has 39 heavy (non-hydrogen) atoms. The SMILES string of the molecule is CC(=N)N1CCc2nc(Cc3nc4ccc(C(=O)NCCc5ccc(O)c6ccccc56)cc4n3C)[nH]c2C1. The van der Waals surface area contributed by atoms with Crippen molar-refractivity contribution in [2.24, 2.45) is 7.05 Å². The minimum absolute atomic E-state index is 0.132. The lowest BCUT2D eigenvalue weighted by molar-refractivity contribution is 0.0954. The number of hydrogen-bond acceptors (Lipinski definition) is 5. The Labute approximate surface area is 226 Å². The number of amidine groups is 1. The smallest absolute Gasteiger partial charge is 0.251 e. The van der Waals surface area contributed by atoms with Gasteiger partial charge in [-0.1, -0.05) is 30.3 Å². The second-order valence-corrected chi connectivity index (χ2v) is 10.1. The molecule has 1 aliphatic rings. The van der Waals surface area contributed by atoms with Crippen LogP contribution in [0.25, 0.3) is 21.8 Å². The van der Waals surface area contributed by atoms with Crippen molar-refractivity contribution >= 4 is 33.5 Å². The predicted molar refractivity (Wildman–Crippen MR) is 151 cm³/mol. The van der Waals surface area contributed by atoms with Crippen molar-refractivity contribution in [2.45, 2.75) is 32.7 Å². The predicted octanol–water partition coefficient (Wildman–Crippen LogP) is 4.07. The number of aromatic nitrogens is 4. The fraction of sp³-hybridized carbons (Fsp3) is 0.267. The number of nitrogens with one attached hydrogen (secondary N) is 3. The standard InChI is InChI=1S/C30H31N7O2/c1-18(31)37-14-12-23-25(17-37)34-28(33-23)16-29-35-24-9-7-20(15-26(24)36(29)2)30(39)32-13-11-19-8-10-27(38)22-6-4-3-5-21(19)22/h3-10,15,31,38H,11-14,16-17H2,1-2H3,(H,32,39)(H,33,34). The summed E-state index contributed by atoms with van der Waals surface area (Å²) in [6.07, 6.45) is 2.05. The van der Waals surface area contributed by atoms with Gasteiger partial charge in [-0.05, 0) is 48.6 Å². The average Bonchev–Trinajstić information content (AvgIpc) is 3.49. The number of phenols is 1. The molecule has 0 aliphatic carbocycles. The maximum absolute atomic E-state index is 13.0. The van der Waals surface area contributed by atoms with Crippen molar-refractivity contribution in [3.63, 3.8) is 0 Å². The van der Waals surface area contributed by atoms with Gasteiger partial charge in [0, 0.05) is 37.5 Å². The molecule has 0 unspecified atom stereocenters. The van der Waals surface area contributed by atoms with E-state index in [1.54, 1.807) is 6.07 Å². The van der Waals surface area contributed by atoms with Crippen LogP contribution < -0.4 is 5.32 Å². The molecule has 198 valence electrons. The average molecular weight is 522 g/mol. The molecule has 6 rings (SSSR count). The highest BCUT2D eigenvalue weighted by atomic mass is 16.3. The van der Waals surface area contributed by atoms with Gasteiger partial charge in [0.1, 0.15) is 17.4 Å². The Morgan fingerprint density at radius 2 is 1.95 bits per heavy atom. The molecule has 9 nitrogen and oxygen atoms in total. The fourth-order valence-electron chi connectivity index (χ4n) is 5.39. The highest BCUT2D eigenvalue weighted by Crippen LogP contribution is 2.27. The number of carbonyl (C=O) groups is 1. The number of fused-ring (bicyclic) bond motifs is 3. The molecule has 1 aliphatic heterocycles. The molecule has 0 saturated heterocycles. The number of aromatic amines is 1. The molecule has 9 heteroatoms. The minimum Gasteiger partial charge on any atom is -0.507 e. The van der Waals surface area contributed by atoms with E-state index in [0.717, 1.165) is 63.4 Å². The molecule has 0 atom stereocenters. The van der Waals surface area contributed by atoms with Gasteiger partial charge < -0.3 is 24.9 Å². The fourth-order valence-corrected chi connectivity index (χ4v) is 5.39. The number of aryl methyl sites for hydroxylation is 1. The van der Waals surface area contributed by atoms with Gasteiger partial charge in [-0.25, -0.2) is 9.97 Å². The van der Waals surface area contributed by atoms with Crippen LogP contribution >= 0.6 is 0 Å². The highest BCUT2D eigenvalue weighted by molar-refractivity contribution is 5.97. The van der Waals surface area contributed by atoms with E-state index in [0.29, 0.717) is 37.3 Å². The van der Waals surface area contributed by atoms with Crippen LogP contribution in [0.3, 0.4) is 0 Å². The van der Waals surface area contributed by atoms with Crippen LogP contribution in [0.4, 0.5) is 0 Å². The summed E-state index contributed by atoms with van der Waals surface area (Å²) in [6, 6.07) is 16.9. The number of H-pyrrole nitrogens is 1. The first kappa shape index (κ1) is 24.7. The van der Waals surface area contributed by atoms with Crippen molar-refractivity contribution in [3.05, 3.63) is 88.8 Å². The van der Waals surface area contributed by atoms with Gasteiger partial charge in [-0.15, -0.1) is 0 Å². The number of hydrogen-bond donors (Lipinski definition) is 4. The summed E-state index contributed by atoms with van der Waals surface area (Å²) in [4.78, 5) is 28.1. The zero-order valence-electron chi connectivity index (χ0n) is 22.1. The summed E-state index contributed by atoms with van der Waals surface area (Å²) in [5, 5.41) is 22.9. The molecule has 0 bridgehead atoms. The van der Waals surface area contributed by atoms with E-state index in [1.807, 2.05) is 72.0 Å². The number of amides is 1. The number of phenolic OH excluding ortho intramolecular Hbond substituents is 1. The van der Waals surface area contributed by atoms with Gasteiger partial charge in [0.2, 0.25) is 0 Å². The molecule has 3 heterocycles. The van der Waals surface area contributed by atoms with Gasteiger partial charge in [0.15, 0.2) is 0 Å². The van der Waals surface area contributed by atoms with Crippen LogP contribution in [-0.2, 0) is 32.9 Å². The molecule has 2 aromatic heterocycles. The van der Waals surface area contributed by atoms with Crippen molar-refractivity contribution in [1.29, 1.82) is 5.41 Å². The number of imidazole rings is 2. The monoisotopic (exact) mass is 521 g/mol. The van der Waals surface area contributed by atoms with Gasteiger partial charge >= 0.3 is 0 Å². The van der Waals surface area contributed by atoms with E-state index in [2.05, 4.69) is 10.3 Å². The Balaban J connectivity index is 1.14. The number of carbonyl (C=O) groups excluding carboxylic acids is 1. The van der Waals surface area contributed by atoms with E-state index >= 15 is 0 Å². The molecule has 3 aromatic carbocycles. The van der Waals surface area contributed by atoms with Crippen LogP contribution in [0.15, 0.2) is 54.6 Å². The topological polar surface area (TPSA) is 123 Å². The molecule has 4 N–H and O–H groups in total. The Kier molecular flexibility index (Phi) is 6.26. The summed E-state index contributed by atoms with van der Waals surface area (Å²) in [5.41, 5.74) is 5.53. The quantitative estimate of drug-likeness (QED) is 0.198. The number of nitrogens with zero attached hydrogens (tertiary/aromatic N) is 4. The van der Waals surface area contributed by atoms with E-state index in [-0.39, 0.29) is 11.7 Å². The van der Waals surface area contributed by atoms with Gasteiger partial charge in [0.05, 0.1) is 41.2 Å². The van der Waals surface area contributed by atoms with E-state index < -0.39 is 0 Å². The maximum atomic E-state index is 13.0. The van der Waals surface area contributed by atoms with Crippen molar-refractivity contribution < 1.29 is 9.90 Å². The second kappa shape index (κ2) is 9.90. The summed E-state index contributed by atoms with van der Waals surface area (Å²) in [5.74, 6) is 2.43. The van der Waals surface area contributed by atoms with Gasteiger partial charge in [-0.2, -0.15) is 0 Å². The lowest BCUT2D eigenvalue weighted by atomic mass is 10.0. The third kappa shape index (κ3) is 4.71. The normalized spacial score (nSPS) is 13.1. The Morgan fingerprint density at radius 3 is 2.77 bits per heavy atom. The lowest BCUT2D eigenvalue weighted by Crippen LogP contribution is -2.33. The van der Waals surface area contributed by atoms with Crippen molar-refractivity contribution in [2.75, 3.05) is 13.1 Å². The zero-order chi connectivity index (χ0) is 27.1. The first-order chi connectivity index (χ1) is 18.9. The minimum atomic E-state index is -0.132. The van der Waals surface area contributed by atoms with Crippen molar-refractivity contribution in [3.8, 4) is 5.75 Å². The first-order valence-corrected chi connectivity index (χ1v) is 13.2. The first-order valence-electron chi connectivity index (χ1n) is 13.2. The van der Waals surface area contributed by atoms with E-state index in [9.17, 15) is 9.90 Å². The Hall–Kier alpha value is -4.66. The zero-order valence-corrected chi connectivity index (χ0v) is 22.1. The molecule has 0 saturated carbocycles. The Morgan fingerprint density at radius 1 is 1.13 bits per heavy atom. The molecule has 0 spiro atoms. The number of aromatic hydroxyl groups is 1. The summed E-state index contributed by atoms with van der Waals surface area (Å²) in [7, 11) is 1.96. The maximum Gasteiger partial charge on any atom is 0.251 e. The molecule has 1 amide bonds. The molecular weight excluding hydrogens is 490 g/mol. The summed E-state index contributed by atoms with van der Waals surface area (Å²) < 4.78 is 2.02. The molecule has 0 fully saturated rings. The van der Waals surface area contributed by atoms with Crippen LogP contribution in [-0.4, -0.2) is 54.4 Å². The third-order valence-corrected chi connectivity index (χ3v) is 7.59. The molecule has 5 aromatic rings. The van der Waals surface area contributed by atoms with Crippen molar-refractivity contribution in [1.82, 2.24) is 29.7 Å². The summed E-state index contributed by atoms with van der Waals surface area (Å²) in [6.45, 7) is 3.80. The van der Waals surface area contributed by atoms with Crippen LogP contribution in [0.1, 0.15) is 45.9 Å². The number of benzene rings is 3. The third-order valence-electron chi connectivity index (χ3n) is 7.59. The van der Waals surface area contributed by atoms with Crippen LogP contribution in [0, 0.1) is 5.41 Å². The van der Waals surface area contributed by atoms with Crippen LogP contribution in [0.5, 0.6) is 5.75 Å². The number of rotatable bonds is 6. The van der Waals surface area contributed by atoms with Gasteiger partial charge in [-0.3, -0.25) is 10.2 Å². The Bertz CT molecular complexity index is 1730. The summed E-state index contributed by atoms with van der Waals surface area (Å²) >= 11 is 0. The van der Waals surface area contributed by atoms with E-state index in [4.69, 9.17) is 15.4 Å². The second-order valence-electron chi connectivity index (χ2n) is 10.1. The lowest BCUT2D eigenvalue weighted by Gasteiger charge is -2.26. The highest BCUT2D eigenvalue weighted by Gasteiger charge is 2.21. The molecule has 0 radical (unpaired) electrons. The van der Waals surface area contributed by atoms with Crippen LogP contribution in [0.2, 0.25) is 0 Å².